The van der Waals surface area contributed by atoms with Crippen molar-refractivity contribution in [1.29, 1.82) is 0 Å². The van der Waals surface area contributed by atoms with Gasteiger partial charge in [-0.1, -0.05) is 12.1 Å². The predicted molar refractivity (Wildman–Crippen MR) is 103 cm³/mol. The molecule has 0 atom stereocenters. The molecule has 8 nitrogen and oxygen atoms in total. The summed E-state index contributed by atoms with van der Waals surface area (Å²) in [4.78, 5) is 14.4. The van der Waals surface area contributed by atoms with Crippen LogP contribution in [0.15, 0.2) is 36.4 Å². The highest BCUT2D eigenvalue weighted by Crippen LogP contribution is 2.32. The number of anilines is 2. The monoisotopic (exact) mass is 384 g/mol. The number of ether oxygens (including phenoxy) is 3. The van der Waals surface area contributed by atoms with E-state index >= 15 is 0 Å². The van der Waals surface area contributed by atoms with E-state index in [0.717, 1.165) is 43.1 Å². The highest BCUT2D eigenvalue weighted by atomic mass is 16.7. The molecule has 0 unspecified atom stereocenters. The number of carbonyl (C=O) groups is 1. The summed E-state index contributed by atoms with van der Waals surface area (Å²) < 4.78 is 16.6. The van der Waals surface area contributed by atoms with Gasteiger partial charge in [-0.05, 0) is 29.8 Å². The third-order valence-corrected chi connectivity index (χ3v) is 5.10. The summed E-state index contributed by atoms with van der Waals surface area (Å²) in [7, 11) is 1.61. The van der Waals surface area contributed by atoms with Crippen molar-refractivity contribution in [3.63, 3.8) is 0 Å². The Morgan fingerprint density at radius 3 is 2.43 bits per heavy atom. The SMILES string of the molecule is COc1ccc(CC(=O)Nc2ccc(N3CCC4(CC3)OCCO4)nn2)cc1. The van der Waals surface area contributed by atoms with Crippen molar-refractivity contribution in [2.45, 2.75) is 25.0 Å². The molecule has 2 aromatic rings. The summed E-state index contributed by atoms with van der Waals surface area (Å²) >= 11 is 0. The molecule has 1 amide bonds. The standard InChI is InChI=1S/C20H24N4O4/c1-26-16-4-2-15(3-5-16)14-19(25)21-17-6-7-18(23-22-17)24-10-8-20(9-11-24)27-12-13-28-20/h2-7H,8-14H2,1H3,(H,21,22,25). The minimum atomic E-state index is -0.403. The fraction of sp³-hybridized carbons (Fsp3) is 0.450. The molecule has 2 aliphatic heterocycles. The Morgan fingerprint density at radius 2 is 1.82 bits per heavy atom. The summed E-state index contributed by atoms with van der Waals surface area (Å²) in [5.41, 5.74) is 0.904. The van der Waals surface area contributed by atoms with E-state index in [1.165, 1.54) is 0 Å². The molecule has 0 bridgehead atoms. The van der Waals surface area contributed by atoms with Crippen LogP contribution in [0.5, 0.6) is 5.75 Å². The lowest BCUT2D eigenvalue weighted by Gasteiger charge is -2.37. The Balaban J connectivity index is 1.30. The van der Waals surface area contributed by atoms with E-state index in [0.29, 0.717) is 19.0 Å². The van der Waals surface area contributed by atoms with Gasteiger partial charge in [0.1, 0.15) is 5.75 Å². The zero-order valence-corrected chi connectivity index (χ0v) is 15.9. The topological polar surface area (TPSA) is 85.8 Å². The normalized spacial score (nSPS) is 18.2. The first-order chi connectivity index (χ1) is 13.7. The molecule has 2 aliphatic rings. The Labute approximate surface area is 163 Å². The van der Waals surface area contributed by atoms with E-state index < -0.39 is 5.79 Å². The molecular weight excluding hydrogens is 360 g/mol. The fourth-order valence-electron chi connectivity index (χ4n) is 3.54. The Hall–Kier alpha value is -2.71. The smallest absolute Gasteiger partial charge is 0.229 e. The first-order valence-corrected chi connectivity index (χ1v) is 9.45. The number of nitrogens with zero attached hydrogens (tertiary/aromatic N) is 3. The van der Waals surface area contributed by atoms with Crippen LogP contribution in [0.4, 0.5) is 11.6 Å². The van der Waals surface area contributed by atoms with Gasteiger partial charge in [-0.25, -0.2) is 0 Å². The van der Waals surface area contributed by atoms with Crippen molar-refractivity contribution in [3.05, 3.63) is 42.0 Å². The van der Waals surface area contributed by atoms with Gasteiger partial charge < -0.3 is 24.4 Å². The second kappa shape index (κ2) is 8.12. The van der Waals surface area contributed by atoms with Gasteiger partial charge in [0.2, 0.25) is 5.91 Å². The van der Waals surface area contributed by atoms with Crippen molar-refractivity contribution in [2.24, 2.45) is 0 Å². The molecule has 148 valence electrons. The largest absolute Gasteiger partial charge is 0.497 e. The third kappa shape index (κ3) is 4.23. The number of aromatic nitrogens is 2. The van der Waals surface area contributed by atoms with Gasteiger partial charge in [-0.2, -0.15) is 0 Å². The van der Waals surface area contributed by atoms with E-state index in [4.69, 9.17) is 14.2 Å². The lowest BCUT2D eigenvalue weighted by Crippen LogP contribution is -2.45. The second-order valence-electron chi connectivity index (χ2n) is 6.94. The van der Waals surface area contributed by atoms with Crippen molar-refractivity contribution < 1.29 is 19.0 Å². The zero-order valence-electron chi connectivity index (χ0n) is 15.9. The lowest BCUT2D eigenvalue weighted by atomic mass is 10.0. The van der Waals surface area contributed by atoms with Gasteiger partial charge in [0.15, 0.2) is 17.4 Å². The average Bonchev–Trinajstić information content (AvgIpc) is 3.18. The van der Waals surface area contributed by atoms with Crippen LogP contribution >= 0.6 is 0 Å². The maximum Gasteiger partial charge on any atom is 0.229 e. The Morgan fingerprint density at radius 1 is 1.11 bits per heavy atom. The molecule has 0 radical (unpaired) electrons. The number of methoxy groups -OCH3 is 1. The number of amides is 1. The molecule has 1 aromatic carbocycles. The molecule has 1 aromatic heterocycles. The summed E-state index contributed by atoms with van der Waals surface area (Å²) in [5.74, 6) is 1.46. The third-order valence-electron chi connectivity index (χ3n) is 5.10. The lowest BCUT2D eigenvalue weighted by molar-refractivity contribution is -0.169. The van der Waals surface area contributed by atoms with Crippen LogP contribution in [0.1, 0.15) is 18.4 Å². The summed E-state index contributed by atoms with van der Waals surface area (Å²) in [5, 5.41) is 11.2. The first kappa shape index (κ1) is 18.6. The highest BCUT2D eigenvalue weighted by molar-refractivity contribution is 5.91. The minimum Gasteiger partial charge on any atom is -0.497 e. The van der Waals surface area contributed by atoms with E-state index in [-0.39, 0.29) is 12.3 Å². The van der Waals surface area contributed by atoms with Crippen molar-refractivity contribution in [2.75, 3.05) is 43.6 Å². The Bertz CT molecular complexity index is 794. The van der Waals surface area contributed by atoms with Crippen LogP contribution < -0.4 is 15.0 Å². The number of piperidine rings is 1. The fourth-order valence-corrected chi connectivity index (χ4v) is 3.54. The zero-order chi connectivity index (χ0) is 19.4. The van der Waals surface area contributed by atoms with Gasteiger partial charge in [-0.15, -0.1) is 10.2 Å². The van der Waals surface area contributed by atoms with Gasteiger partial charge in [0.25, 0.3) is 0 Å². The van der Waals surface area contributed by atoms with Gasteiger partial charge in [0.05, 0.1) is 26.7 Å². The Kier molecular flexibility index (Phi) is 5.40. The van der Waals surface area contributed by atoms with Crippen LogP contribution in [-0.4, -0.2) is 55.3 Å². The summed E-state index contributed by atoms with van der Waals surface area (Å²) in [6, 6.07) is 11.1. The number of benzene rings is 1. The van der Waals surface area contributed by atoms with Crippen LogP contribution in [0.3, 0.4) is 0 Å². The molecule has 0 aliphatic carbocycles. The molecule has 1 spiro atoms. The number of hydrogen-bond acceptors (Lipinski definition) is 7. The van der Waals surface area contributed by atoms with Crippen molar-refractivity contribution in [1.82, 2.24) is 10.2 Å². The molecule has 3 heterocycles. The van der Waals surface area contributed by atoms with Gasteiger partial charge in [0, 0.05) is 25.9 Å². The van der Waals surface area contributed by atoms with Crippen LogP contribution in [0.2, 0.25) is 0 Å². The van der Waals surface area contributed by atoms with E-state index in [2.05, 4.69) is 20.4 Å². The van der Waals surface area contributed by atoms with E-state index in [1.807, 2.05) is 30.3 Å². The number of rotatable bonds is 5. The molecule has 28 heavy (non-hydrogen) atoms. The summed E-state index contributed by atoms with van der Waals surface area (Å²) in [6.45, 7) is 2.95. The van der Waals surface area contributed by atoms with Crippen LogP contribution in [0.25, 0.3) is 0 Å². The minimum absolute atomic E-state index is 0.136. The molecule has 1 N–H and O–H groups in total. The maximum atomic E-state index is 12.2. The van der Waals surface area contributed by atoms with Crippen LogP contribution in [-0.2, 0) is 20.7 Å². The molecule has 4 rings (SSSR count). The van der Waals surface area contributed by atoms with Gasteiger partial charge in [-0.3, -0.25) is 4.79 Å². The number of carbonyl (C=O) groups excluding carboxylic acids is 1. The summed E-state index contributed by atoms with van der Waals surface area (Å²) in [6.07, 6.45) is 1.89. The van der Waals surface area contributed by atoms with E-state index in [9.17, 15) is 4.79 Å². The number of nitrogens with one attached hydrogen (secondary N) is 1. The molecule has 8 heteroatoms. The quantitative estimate of drug-likeness (QED) is 0.844. The number of hydrogen-bond donors (Lipinski definition) is 1. The first-order valence-electron chi connectivity index (χ1n) is 9.45. The predicted octanol–water partition coefficient (Wildman–Crippen LogP) is 2.01. The highest BCUT2D eigenvalue weighted by Gasteiger charge is 2.40. The average molecular weight is 384 g/mol. The van der Waals surface area contributed by atoms with Crippen molar-refractivity contribution >= 4 is 17.5 Å². The van der Waals surface area contributed by atoms with E-state index in [1.54, 1.807) is 13.2 Å². The molecule has 2 fully saturated rings. The molecule has 0 saturated carbocycles. The second-order valence-corrected chi connectivity index (χ2v) is 6.94. The molecule has 2 saturated heterocycles. The van der Waals surface area contributed by atoms with Gasteiger partial charge >= 0.3 is 0 Å². The van der Waals surface area contributed by atoms with Crippen LogP contribution in [0, 0.1) is 0 Å². The molecular formula is C20H24N4O4. The maximum absolute atomic E-state index is 12.2. The van der Waals surface area contributed by atoms with Crippen molar-refractivity contribution in [3.8, 4) is 5.75 Å².